The van der Waals surface area contributed by atoms with Crippen LogP contribution in [0.5, 0.6) is 0 Å². The quantitative estimate of drug-likeness (QED) is 0.730. The molecule has 1 N–H and O–H groups in total. The van der Waals surface area contributed by atoms with Gasteiger partial charge in [0.05, 0.1) is 12.6 Å². The Balaban J connectivity index is 1.81. The molecule has 1 aromatic rings. The second-order valence-electron chi connectivity index (χ2n) is 3.90. The van der Waals surface area contributed by atoms with Gasteiger partial charge in [-0.3, -0.25) is 9.48 Å². The van der Waals surface area contributed by atoms with Crippen molar-refractivity contribution in [3.05, 3.63) is 12.7 Å². The molecule has 6 nitrogen and oxygen atoms in total. The highest BCUT2D eigenvalue weighted by Crippen LogP contribution is 2.07. The first-order chi connectivity index (χ1) is 7.81. The average molecular weight is 223 g/mol. The van der Waals surface area contributed by atoms with Gasteiger partial charge in [0, 0.05) is 26.1 Å². The average Bonchev–Trinajstić information content (AvgIpc) is 2.72. The van der Waals surface area contributed by atoms with Crippen LogP contribution < -0.4 is 5.32 Å². The second kappa shape index (κ2) is 5.07. The van der Waals surface area contributed by atoms with Gasteiger partial charge in [-0.25, -0.2) is 4.98 Å². The summed E-state index contributed by atoms with van der Waals surface area (Å²) in [5, 5.41) is 7.15. The predicted molar refractivity (Wildman–Crippen MR) is 58.7 cm³/mol. The smallest absolute Gasteiger partial charge is 0.224 e. The van der Waals surface area contributed by atoms with Crippen molar-refractivity contribution < 1.29 is 4.79 Å². The summed E-state index contributed by atoms with van der Waals surface area (Å²) in [6.07, 6.45) is 3.61. The summed E-state index contributed by atoms with van der Waals surface area (Å²) < 4.78 is 1.69. The monoisotopic (exact) mass is 223 g/mol. The molecule has 0 spiro atoms. The zero-order valence-corrected chi connectivity index (χ0v) is 9.46. The first-order valence-corrected chi connectivity index (χ1v) is 5.64. The standard InChI is InChI=1S/C10H17N5O/c1-2-15(9-5-11-6-9)10(16)3-4-14-8-12-7-13-14/h7-9,11H,2-6H2,1H3. The van der Waals surface area contributed by atoms with Crippen molar-refractivity contribution in [3.8, 4) is 0 Å². The zero-order chi connectivity index (χ0) is 11.4. The highest BCUT2D eigenvalue weighted by atomic mass is 16.2. The molecule has 1 fully saturated rings. The van der Waals surface area contributed by atoms with Crippen LogP contribution >= 0.6 is 0 Å². The number of carbonyl (C=O) groups excluding carboxylic acids is 1. The molecule has 1 aliphatic heterocycles. The predicted octanol–water partition coefficient (Wildman–Crippen LogP) is -0.511. The van der Waals surface area contributed by atoms with Crippen LogP contribution in [0.4, 0.5) is 0 Å². The third-order valence-electron chi connectivity index (χ3n) is 2.88. The van der Waals surface area contributed by atoms with Crippen LogP contribution in [-0.4, -0.2) is 51.2 Å². The van der Waals surface area contributed by atoms with Crippen molar-refractivity contribution in [2.24, 2.45) is 0 Å². The van der Waals surface area contributed by atoms with Gasteiger partial charge in [-0.2, -0.15) is 5.10 Å². The molecule has 1 amide bonds. The van der Waals surface area contributed by atoms with Gasteiger partial charge in [0.1, 0.15) is 12.7 Å². The van der Waals surface area contributed by atoms with Crippen LogP contribution in [0.15, 0.2) is 12.7 Å². The van der Waals surface area contributed by atoms with Gasteiger partial charge < -0.3 is 10.2 Å². The fourth-order valence-corrected chi connectivity index (χ4v) is 1.83. The number of rotatable bonds is 5. The van der Waals surface area contributed by atoms with Crippen molar-refractivity contribution in [2.45, 2.75) is 25.9 Å². The number of nitrogens with one attached hydrogen (secondary N) is 1. The minimum Gasteiger partial charge on any atom is -0.337 e. The van der Waals surface area contributed by atoms with Gasteiger partial charge in [-0.05, 0) is 6.92 Å². The molecule has 88 valence electrons. The number of likely N-dealkylation sites (N-methyl/N-ethyl adjacent to an activating group) is 1. The Hall–Kier alpha value is -1.43. The van der Waals surface area contributed by atoms with E-state index in [-0.39, 0.29) is 5.91 Å². The fourth-order valence-electron chi connectivity index (χ4n) is 1.83. The molecule has 16 heavy (non-hydrogen) atoms. The van der Waals surface area contributed by atoms with E-state index in [0.717, 1.165) is 19.6 Å². The molecule has 0 radical (unpaired) electrons. The maximum absolute atomic E-state index is 11.9. The van der Waals surface area contributed by atoms with Crippen molar-refractivity contribution in [1.82, 2.24) is 25.0 Å². The number of amides is 1. The third kappa shape index (κ3) is 2.38. The molecular weight excluding hydrogens is 206 g/mol. The van der Waals surface area contributed by atoms with Crippen LogP contribution in [0, 0.1) is 0 Å². The molecule has 0 atom stereocenters. The molecule has 1 aliphatic rings. The maximum atomic E-state index is 11.9. The van der Waals surface area contributed by atoms with E-state index in [4.69, 9.17) is 0 Å². The topological polar surface area (TPSA) is 63.1 Å². The van der Waals surface area contributed by atoms with Crippen molar-refractivity contribution in [2.75, 3.05) is 19.6 Å². The molecule has 2 heterocycles. The Labute approximate surface area is 94.6 Å². The molecule has 1 aromatic heterocycles. The first-order valence-electron chi connectivity index (χ1n) is 5.64. The number of carbonyl (C=O) groups is 1. The lowest BCUT2D eigenvalue weighted by atomic mass is 10.1. The minimum absolute atomic E-state index is 0.199. The Kier molecular flexibility index (Phi) is 3.51. The summed E-state index contributed by atoms with van der Waals surface area (Å²) in [5.74, 6) is 0.199. The summed E-state index contributed by atoms with van der Waals surface area (Å²) in [5.41, 5.74) is 0. The molecule has 0 saturated carbocycles. The number of aromatic nitrogens is 3. The van der Waals surface area contributed by atoms with E-state index in [1.165, 1.54) is 6.33 Å². The van der Waals surface area contributed by atoms with Gasteiger partial charge in [-0.1, -0.05) is 0 Å². The van der Waals surface area contributed by atoms with Gasteiger partial charge in [-0.15, -0.1) is 0 Å². The van der Waals surface area contributed by atoms with Crippen LogP contribution in [0.3, 0.4) is 0 Å². The third-order valence-corrected chi connectivity index (χ3v) is 2.88. The number of nitrogens with zero attached hydrogens (tertiary/aromatic N) is 4. The lowest BCUT2D eigenvalue weighted by molar-refractivity contribution is -0.134. The van der Waals surface area contributed by atoms with Crippen LogP contribution in [0.1, 0.15) is 13.3 Å². The Morgan fingerprint density at radius 2 is 2.44 bits per heavy atom. The van der Waals surface area contributed by atoms with E-state index in [0.29, 0.717) is 19.0 Å². The summed E-state index contributed by atoms with van der Waals surface area (Å²) in [6.45, 7) is 5.25. The molecule has 6 heteroatoms. The lowest BCUT2D eigenvalue weighted by Gasteiger charge is -2.37. The van der Waals surface area contributed by atoms with E-state index < -0.39 is 0 Å². The Morgan fingerprint density at radius 1 is 1.62 bits per heavy atom. The molecule has 0 unspecified atom stereocenters. The number of hydrogen-bond donors (Lipinski definition) is 1. The van der Waals surface area contributed by atoms with Gasteiger partial charge in [0.25, 0.3) is 0 Å². The summed E-state index contributed by atoms with van der Waals surface area (Å²) in [7, 11) is 0. The largest absolute Gasteiger partial charge is 0.337 e. The normalized spacial score (nSPS) is 15.8. The first kappa shape index (κ1) is 11.1. The van der Waals surface area contributed by atoms with Crippen molar-refractivity contribution in [1.29, 1.82) is 0 Å². The lowest BCUT2D eigenvalue weighted by Crippen LogP contribution is -2.58. The fraction of sp³-hybridized carbons (Fsp3) is 0.700. The van der Waals surface area contributed by atoms with Gasteiger partial charge >= 0.3 is 0 Å². The Bertz CT molecular complexity index is 333. The SMILES string of the molecule is CCN(C(=O)CCn1cncn1)C1CNC1. The second-order valence-corrected chi connectivity index (χ2v) is 3.90. The highest BCUT2D eigenvalue weighted by Gasteiger charge is 2.26. The molecule has 1 saturated heterocycles. The number of hydrogen-bond acceptors (Lipinski definition) is 4. The summed E-state index contributed by atoms with van der Waals surface area (Å²) in [6, 6.07) is 0.383. The zero-order valence-electron chi connectivity index (χ0n) is 9.46. The summed E-state index contributed by atoms with van der Waals surface area (Å²) in [4.78, 5) is 17.7. The van der Waals surface area contributed by atoms with E-state index in [2.05, 4.69) is 15.4 Å². The molecular formula is C10H17N5O. The van der Waals surface area contributed by atoms with Crippen molar-refractivity contribution >= 4 is 5.91 Å². The number of aryl methyl sites for hydroxylation is 1. The van der Waals surface area contributed by atoms with E-state index in [9.17, 15) is 4.79 Å². The molecule has 0 bridgehead atoms. The van der Waals surface area contributed by atoms with E-state index in [1.54, 1.807) is 11.0 Å². The van der Waals surface area contributed by atoms with Crippen LogP contribution in [-0.2, 0) is 11.3 Å². The maximum Gasteiger partial charge on any atom is 0.224 e. The van der Waals surface area contributed by atoms with Gasteiger partial charge in [0.15, 0.2) is 0 Å². The van der Waals surface area contributed by atoms with Crippen LogP contribution in [0.25, 0.3) is 0 Å². The van der Waals surface area contributed by atoms with E-state index >= 15 is 0 Å². The van der Waals surface area contributed by atoms with Crippen molar-refractivity contribution in [3.63, 3.8) is 0 Å². The van der Waals surface area contributed by atoms with Gasteiger partial charge in [0.2, 0.25) is 5.91 Å². The molecule has 0 aromatic carbocycles. The molecule has 0 aliphatic carbocycles. The van der Waals surface area contributed by atoms with Crippen LogP contribution in [0.2, 0.25) is 0 Å². The molecule has 2 rings (SSSR count). The summed E-state index contributed by atoms with van der Waals surface area (Å²) >= 11 is 0. The van der Waals surface area contributed by atoms with E-state index in [1.807, 2.05) is 11.8 Å². The minimum atomic E-state index is 0.199. The highest BCUT2D eigenvalue weighted by molar-refractivity contribution is 5.76. The Morgan fingerprint density at radius 3 is 2.94 bits per heavy atom.